The molecule has 1 saturated carbocycles. The van der Waals surface area contributed by atoms with Gasteiger partial charge in [-0.3, -0.25) is 0 Å². The van der Waals surface area contributed by atoms with Crippen LogP contribution in [0.1, 0.15) is 37.8 Å². The summed E-state index contributed by atoms with van der Waals surface area (Å²) >= 11 is 0. The Hall–Kier alpha value is -1.07. The molecule has 1 fully saturated rings. The Morgan fingerprint density at radius 1 is 1.28 bits per heavy atom. The lowest BCUT2D eigenvalue weighted by Crippen LogP contribution is -2.27. The van der Waals surface area contributed by atoms with Gasteiger partial charge in [-0.2, -0.15) is 0 Å². The first-order chi connectivity index (χ1) is 8.47. The summed E-state index contributed by atoms with van der Waals surface area (Å²) in [6.07, 6.45) is 3.27. The van der Waals surface area contributed by atoms with Crippen molar-refractivity contribution < 1.29 is 8.42 Å². The largest absolute Gasteiger partial charge is 0.398 e. The zero-order chi connectivity index (χ0) is 13.3. The Labute approximate surface area is 109 Å². The Kier molecular flexibility index (Phi) is 3.64. The molecule has 1 aliphatic rings. The Morgan fingerprint density at radius 3 is 2.44 bits per heavy atom. The molecule has 100 valence electrons. The quantitative estimate of drug-likeness (QED) is 0.800. The summed E-state index contributed by atoms with van der Waals surface area (Å²) in [7, 11) is -3.42. The van der Waals surface area contributed by atoms with Crippen LogP contribution in [0.5, 0.6) is 0 Å². The Bertz CT molecular complexity index is 548. The second kappa shape index (κ2) is 4.90. The number of hydrogen-bond acceptors (Lipinski definition) is 3. The molecule has 0 heterocycles. The third kappa shape index (κ3) is 2.67. The van der Waals surface area contributed by atoms with Crippen molar-refractivity contribution in [1.29, 1.82) is 0 Å². The van der Waals surface area contributed by atoms with Crippen molar-refractivity contribution in [3.63, 3.8) is 0 Å². The maximum Gasteiger partial charge on any atom is 0.241 e. The predicted octanol–water partition coefficient (Wildman–Crippen LogP) is 1.83. The third-order valence-corrected chi connectivity index (χ3v) is 4.84. The maximum atomic E-state index is 12.3. The van der Waals surface area contributed by atoms with Crippen LogP contribution in [0.25, 0.3) is 0 Å². The highest BCUT2D eigenvalue weighted by atomic mass is 32.2. The van der Waals surface area contributed by atoms with Crippen molar-refractivity contribution in [2.75, 3.05) is 5.73 Å². The SMILES string of the molecule is CCc1cc(N)c(CC)c(S(=O)(=O)NC2CC2)c1. The van der Waals surface area contributed by atoms with Gasteiger partial charge >= 0.3 is 0 Å². The monoisotopic (exact) mass is 268 g/mol. The van der Waals surface area contributed by atoms with Crippen LogP contribution in [0.3, 0.4) is 0 Å². The number of nitrogen functional groups attached to an aromatic ring is 1. The van der Waals surface area contributed by atoms with Crippen LogP contribution in [0.4, 0.5) is 5.69 Å². The first-order valence-corrected chi connectivity index (χ1v) is 7.89. The normalized spacial score (nSPS) is 15.9. The number of anilines is 1. The average molecular weight is 268 g/mol. The van der Waals surface area contributed by atoms with Crippen molar-refractivity contribution >= 4 is 15.7 Å². The van der Waals surface area contributed by atoms with Crippen molar-refractivity contribution in [2.24, 2.45) is 0 Å². The molecule has 0 aliphatic heterocycles. The molecule has 0 spiro atoms. The van der Waals surface area contributed by atoms with Crippen LogP contribution in [0.2, 0.25) is 0 Å². The molecule has 5 heteroatoms. The standard InChI is InChI=1S/C13H20N2O2S/c1-3-9-7-12(14)11(4-2)13(8-9)18(16,17)15-10-5-6-10/h7-8,10,15H,3-6,14H2,1-2H3. The number of rotatable bonds is 5. The minimum absolute atomic E-state index is 0.117. The molecule has 3 N–H and O–H groups in total. The van der Waals surface area contributed by atoms with Crippen LogP contribution in [0.15, 0.2) is 17.0 Å². The van der Waals surface area contributed by atoms with Crippen LogP contribution in [-0.4, -0.2) is 14.5 Å². The van der Waals surface area contributed by atoms with E-state index < -0.39 is 10.0 Å². The van der Waals surface area contributed by atoms with Gasteiger partial charge in [-0.25, -0.2) is 13.1 Å². The molecule has 4 nitrogen and oxygen atoms in total. The fourth-order valence-electron chi connectivity index (χ4n) is 2.03. The summed E-state index contributed by atoms with van der Waals surface area (Å²) in [5.41, 5.74) is 8.22. The van der Waals surface area contributed by atoms with Gasteiger partial charge in [0.05, 0.1) is 4.90 Å². The number of benzene rings is 1. The molecule has 1 aliphatic carbocycles. The number of nitrogens with one attached hydrogen (secondary N) is 1. The fourth-order valence-corrected chi connectivity index (χ4v) is 3.73. The minimum atomic E-state index is -3.42. The van der Waals surface area contributed by atoms with Gasteiger partial charge in [-0.15, -0.1) is 0 Å². The molecular formula is C13H20N2O2S. The molecule has 1 aromatic rings. The van der Waals surface area contributed by atoms with Crippen LogP contribution >= 0.6 is 0 Å². The smallest absolute Gasteiger partial charge is 0.241 e. The minimum Gasteiger partial charge on any atom is -0.398 e. The molecular weight excluding hydrogens is 248 g/mol. The van der Waals surface area contributed by atoms with E-state index in [-0.39, 0.29) is 6.04 Å². The van der Waals surface area contributed by atoms with Crippen LogP contribution in [0, 0.1) is 0 Å². The summed E-state index contributed by atoms with van der Waals surface area (Å²) < 4.78 is 27.3. The van der Waals surface area contributed by atoms with E-state index in [1.165, 1.54) is 0 Å². The molecule has 0 radical (unpaired) electrons. The van der Waals surface area contributed by atoms with Crippen LogP contribution < -0.4 is 10.5 Å². The number of hydrogen-bond donors (Lipinski definition) is 2. The van der Waals surface area contributed by atoms with Crippen molar-refractivity contribution in [3.05, 3.63) is 23.3 Å². The molecule has 0 aromatic heterocycles. The highest BCUT2D eigenvalue weighted by Gasteiger charge is 2.29. The van der Waals surface area contributed by atoms with Gasteiger partial charge in [0.2, 0.25) is 10.0 Å². The van der Waals surface area contributed by atoms with Crippen molar-refractivity contribution in [2.45, 2.75) is 50.5 Å². The summed E-state index contributed by atoms with van der Waals surface area (Å²) in [6, 6.07) is 3.74. The van der Waals surface area contributed by atoms with E-state index in [2.05, 4.69) is 4.72 Å². The molecule has 2 rings (SSSR count). The Balaban J connectivity index is 2.49. The molecule has 0 amide bonds. The summed E-state index contributed by atoms with van der Waals surface area (Å²) in [4.78, 5) is 0.355. The number of sulfonamides is 1. The topological polar surface area (TPSA) is 72.2 Å². The van der Waals surface area contributed by atoms with Gasteiger partial charge in [-0.1, -0.05) is 13.8 Å². The fraction of sp³-hybridized carbons (Fsp3) is 0.538. The predicted molar refractivity (Wildman–Crippen MR) is 73.0 cm³/mol. The van der Waals surface area contributed by atoms with Gasteiger partial charge in [0.25, 0.3) is 0 Å². The highest BCUT2D eigenvalue weighted by molar-refractivity contribution is 7.89. The second-order valence-electron chi connectivity index (χ2n) is 4.76. The Morgan fingerprint density at radius 2 is 1.94 bits per heavy atom. The summed E-state index contributed by atoms with van der Waals surface area (Å²) in [5, 5.41) is 0. The third-order valence-electron chi connectivity index (χ3n) is 3.25. The van der Waals surface area contributed by atoms with Gasteiger partial charge < -0.3 is 5.73 Å². The zero-order valence-electron chi connectivity index (χ0n) is 10.9. The summed E-state index contributed by atoms with van der Waals surface area (Å²) in [6.45, 7) is 3.92. The highest BCUT2D eigenvalue weighted by Crippen LogP contribution is 2.28. The second-order valence-corrected chi connectivity index (χ2v) is 6.45. The van der Waals surface area contributed by atoms with E-state index in [1.807, 2.05) is 19.9 Å². The lowest BCUT2D eigenvalue weighted by atomic mass is 10.1. The lowest BCUT2D eigenvalue weighted by Gasteiger charge is -2.14. The maximum absolute atomic E-state index is 12.3. The number of aryl methyl sites for hydroxylation is 1. The van der Waals surface area contributed by atoms with Gasteiger partial charge in [0, 0.05) is 11.7 Å². The average Bonchev–Trinajstić information content (AvgIpc) is 3.11. The van der Waals surface area contributed by atoms with Gasteiger partial charge in [0.15, 0.2) is 0 Å². The van der Waals surface area contributed by atoms with E-state index >= 15 is 0 Å². The number of nitrogens with two attached hydrogens (primary N) is 1. The molecule has 1 aromatic carbocycles. The van der Waals surface area contributed by atoms with E-state index in [4.69, 9.17) is 5.73 Å². The molecule has 18 heavy (non-hydrogen) atoms. The lowest BCUT2D eigenvalue weighted by molar-refractivity contribution is 0.580. The van der Waals surface area contributed by atoms with Crippen LogP contribution in [-0.2, 0) is 22.9 Å². The summed E-state index contributed by atoms with van der Waals surface area (Å²) in [5.74, 6) is 0. The van der Waals surface area contributed by atoms with E-state index in [0.29, 0.717) is 17.0 Å². The van der Waals surface area contributed by atoms with Crippen molar-refractivity contribution in [1.82, 2.24) is 4.72 Å². The zero-order valence-corrected chi connectivity index (χ0v) is 11.7. The van der Waals surface area contributed by atoms with E-state index in [0.717, 1.165) is 30.4 Å². The molecule has 0 bridgehead atoms. The molecule has 0 saturated heterocycles. The first-order valence-electron chi connectivity index (χ1n) is 6.41. The van der Waals surface area contributed by atoms with Crippen molar-refractivity contribution in [3.8, 4) is 0 Å². The molecule has 0 atom stereocenters. The van der Waals surface area contributed by atoms with Gasteiger partial charge in [0.1, 0.15) is 0 Å². The van der Waals surface area contributed by atoms with Gasteiger partial charge in [-0.05, 0) is 48.9 Å². The molecule has 0 unspecified atom stereocenters. The first kappa shape index (κ1) is 13.4. The van der Waals surface area contributed by atoms with E-state index in [9.17, 15) is 8.42 Å². The van der Waals surface area contributed by atoms with E-state index in [1.54, 1.807) is 6.07 Å².